The van der Waals surface area contributed by atoms with E-state index in [4.69, 9.17) is 9.05 Å². The molecule has 0 saturated heterocycles. The lowest BCUT2D eigenvalue weighted by Crippen LogP contribution is -2.20. The highest BCUT2D eigenvalue weighted by molar-refractivity contribution is 7.54. The molecule has 0 radical (unpaired) electrons. The van der Waals surface area contributed by atoms with Crippen molar-refractivity contribution in [2.45, 2.75) is 32.5 Å². The van der Waals surface area contributed by atoms with Gasteiger partial charge in [-0.15, -0.1) is 0 Å². The van der Waals surface area contributed by atoms with Gasteiger partial charge in [-0.05, 0) is 26.3 Å². The average Bonchev–Trinajstić information content (AvgIpc) is 2.45. The molecule has 112 valence electrons. The topological polar surface area (TPSA) is 55.8 Å². The summed E-state index contributed by atoms with van der Waals surface area (Å²) >= 11 is 0. The Bertz CT molecular complexity index is 448. The van der Waals surface area contributed by atoms with Crippen LogP contribution in [-0.2, 0) is 13.6 Å². The monoisotopic (exact) mass is 298 g/mol. The van der Waals surface area contributed by atoms with Crippen molar-refractivity contribution in [2.24, 2.45) is 0 Å². The Hall–Kier alpha value is -0.930. The minimum Gasteiger partial charge on any atom is -0.387 e. The van der Waals surface area contributed by atoms with Crippen molar-refractivity contribution >= 4 is 7.60 Å². The van der Waals surface area contributed by atoms with Gasteiger partial charge in [-0.2, -0.15) is 0 Å². The van der Waals surface area contributed by atoms with Gasteiger partial charge in [0.05, 0.1) is 19.3 Å². The molecular weight excluding hydrogens is 275 g/mol. The summed E-state index contributed by atoms with van der Waals surface area (Å²) in [6.07, 6.45) is 2.50. The standard InChI is InChI=1S/C15H23O4P/c1-4-10-14(20(17,18-5-2)19-6-3)15(16)13-11-8-7-9-12-13/h4,7-12,14-16H,5-6H2,1-3H3/b10-4+/t14-,15+/m0/s1. The zero-order chi connectivity index (χ0) is 15.0. The van der Waals surface area contributed by atoms with Crippen molar-refractivity contribution in [3.63, 3.8) is 0 Å². The van der Waals surface area contributed by atoms with Crippen LogP contribution in [0.2, 0.25) is 0 Å². The Morgan fingerprint density at radius 1 is 1.20 bits per heavy atom. The second kappa shape index (κ2) is 8.38. The number of allylic oxidation sites excluding steroid dienone is 1. The van der Waals surface area contributed by atoms with E-state index in [2.05, 4.69) is 0 Å². The third-order valence-corrected chi connectivity index (χ3v) is 5.26. The van der Waals surface area contributed by atoms with Gasteiger partial charge in [-0.25, -0.2) is 0 Å². The second-order valence-electron chi connectivity index (χ2n) is 4.25. The lowest BCUT2D eigenvalue weighted by atomic mass is 10.1. The van der Waals surface area contributed by atoms with Crippen LogP contribution in [0.4, 0.5) is 0 Å². The maximum absolute atomic E-state index is 12.9. The van der Waals surface area contributed by atoms with Crippen LogP contribution in [0, 0.1) is 0 Å². The Labute approximate surface area is 121 Å². The van der Waals surface area contributed by atoms with Gasteiger partial charge < -0.3 is 14.2 Å². The first-order chi connectivity index (χ1) is 9.59. The van der Waals surface area contributed by atoms with Crippen molar-refractivity contribution in [3.8, 4) is 0 Å². The molecule has 0 aromatic heterocycles. The summed E-state index contributed by atoms with van der Waals surface area (Å²) in [5.74, 6) is 0. The number of hydrogen-bond donors (Lipinski definition) is 1. The number of aliphatic hydroxyl groups is 1. The van der Waals surface area contributed by atoms with Gasteiger partial charge in [-0.1, -0.05) is 42.5 Å². The summed E-state index contributed by atoms with van der Waals surface area (Å²) in [6.45, 7) is 5.87. The van der Waals surface area contributed by atoms with Crippen LogP contribution < -0.4 is 0 Å². The fourth-order valence-corrected chi connectivity index (χ4v) is 4.04. The lowest BCUT2D eigenvalue weighted by Gasteiger charge is -2.28. The van der Waals surface area contributed by atoms with Gasteiger partial charge in [0.15, 0.2) is 0 Å². The highest BCUT2D eigenvalue weighted by Crippen LogP contribution is 2.57. The quantitative estimate of drug-likeness (QED) is 0.583. The summed E-state index contributed by atoms with van der Waals surface area (Å²) < 4.78 is 23.6. The van der Waals surface area contributed by atoms with E-state index in [0.717, 1.165) is 0 Å². The van der Waals surface area contributed by atoms with E-state index in [1.807, 2.05) is 25.1 Å². The van der Waals surface area contributed by atoms with Crippen LogP contribution >= 0.6 is 7.60 Å². The van der Waals surface area contributed by atoms with Crippen LogP contribution in [0.15, 0.2) is 42.5 Å². The zero-order valence-corrected chi connectivity index (χ0v) is 13.1. The summed E-state index contributed by atoms with van der Waals surface area (Å²) in [5, 5.41) is 10.5. The van der Waals surface area contributed by atoms with Crippen molar-refractivity contribution in [1.82, 2.24) is 0 Å². The van der Waals surface area contributed by atoms with Crippen molar-refractivity contribution in [2.75, 3.05) is 13.2 Å². The predicted octanol–water partition coefficient (Wildman–Crippen LogP) is 3.93. The third-order valence-electron chi connectivity index (χ3n) is 2.84. The lowest BCUT2D eigenvalue weighted by molar-refractivity contribution is 0.152. The Morgan fingerprint density at radius 3 is 2.20 bits per heavy atom. The maximum Gasteiger partial charge on any atom is 0.340 e. The zero-order valence-electron chi connectivity index (χ0n) is 12.2. The van der Waals surface area contributed by atoms with Crippen LogP contribution in [0.3, 0.4) is 0 Å². The van der Waals surface area contributed by atoms with Crippen LogP contribution in [0.1, 0.15) is 32.4 Å². The SMILES string of the molecule is C/C=C/[C@@H]([C@H](O)c1ccccc1)P(=O)(OCC)OCC. The van der Waals surface area contributed by atoms with E-state index in [9.17, 15) is 9.67 Å². The smallest absolute Gasteiger partial charge is 0.340 e. The molecule has 4 nitrogen and oxygen atoms in total. The van der Waals surface area contributed by atoms with Crippen molar-refractivity contribution in [3.05, 3.63) is 48.0 Å². The molecule has 20 heavy (non-hydrogen) atoms. The van der Waals surface area contributed by atoms with Crippen LogP contribution in [0.25, 0.3) is 0 Å². The first-order valence-electron chi connectivity index (χ1n) is 6.83. The molecule has 0 spiro atoms. The molecule has 1 aromatic rings. The Balaban J connectivity index is 3.11. The van der Waals surface area contributed by atoms with Gasteiger partial charge in [0.1, 0.15) is 5.66 Å². The van der Waals surface area contributed by atoms with Crippen LogP contribution in [-0.4, -0.2) is 24.0 Å². The molecule has 0 saturated carbocycles. The largest absolute Gasteiger partial charge is 0.387 e. The summed E-state index contributed by atoms with van der Waals surface area (Å²) in [6, 6.07) is 9.12. The molecule has 0 aliphatic rings. The molecule has 0 aliphatic heterocycles. The van der Waals surface area contributed by atoms with E-state index in [1.54, 1.807) is 38.1 Å². The normalized spacial score (nSPS) is 15.4. The molecule has 5 heteroatoms. The minimum absolute atomic E-state index is 0.271. The predicted molar refractivity (Wildman–Crippen MR) is 80.9 cm³/mol. The first kappa shape index (κ1) is 17.1. The van der Waals surface area contributed by atoms with E-state index < -0.39 is 19.4 Å². The summed E-state index contributed by atoms with van der Waals surface area (Å²) in [4.78, 5) is 0. The molecule has 1 aromatic carbocycles. The Kier molecular flexibility index (Phi) is 7.17. The number of benzene rings is 1. The molecular formula is C15H23O4P. The molecule has 0 unspecified atom stereocenters. The molecule has 0 amide bonds. The molecule has 1 N–H and O–H groups in total. The fraction of sp³-hybridized carbons (Fsp3) is 0.467. The molecule has 2 atom stereocenters. The molecule has 1 rings (SSSR count). The number of aliphatic hydroxyl groups excluding tert-OH is 1. The van der Waals surface area contributed by atoms with E-state index in [1.165, 1.54) is 0 Å². The fourth-order valence-electron chi connectivity index (χ4n) is 2.00. The highest BCUT2D eigenvalue weighted by atomic mass is 31.2. The number of rotatable bonds is 8. The molecule has 0 heterocycles. The number of hydrogen-bond acceptors (Lipinski definition) is 4. The van der Waals surface area contributed by atoms with Crippen molar-refractivity contribution < 1.29 is 18.7 Å². The highest BCUT2D eigenvalue weighted by Gasteiger charge is 2.39. The molecule has 0 aliphatic carbocycles. The summed E-state index contributed by atoms with van der Waals surface area (Å²) in [5.41, 5.74) is -0.0231. The third kappa shape index (κ3) is 4.29. The molecule has 0 fully saturated rings. The minimum atomic E-state index is -3.40. The van der Waals surface area contributed by atoms with E-state index >= 15 is 0 Å². The van der Waals surface area contributed by atoms with Gasteiger partial charge in [0.25, 0.3) is 0 Å². The first-order valence-corrected chi connectivity index (χ1v) is 8.44. The molecule has 0 bridgehead atoms. The van der Waals surface area contributed by atoms with Gasteiger partial charge >= 0.3 is 7.60 Å². The van der Waals surface area contributed by atoms with Gasteiger partial charge in [0.2, 0.25) is 0 Å². The Morgan fingerprint density at radius 2 is 1.75 bits per heavy atom. The van der Waals surface area contributed by atoms with Crippen molar-refractivity contribution in [1.29, 1.82) is 0 Å². The van der Waals surface area contributed by atoms with Gasteiger partial charge in [-0.3, -0.25) is 4.57 Å². The average molecular weight is 298 g/mol. The second-order valence-corrected chi connectivity index (χ2v) is 6.44. The van der Waals surface area contributed by atoms with E-state index in [-0.39, 0.29) is 13.2 Å². The summed E-state index contributed by atoms with van der Waals surface area (Å²) in [7, 11) is -3.40. The van der Waals surface area contributed by atoms with Crippen LogP contribution in [0.5, 0.6) is 0 Å². The van der Waals surface area contributed by atoms with E-state index in [0.29, 0.717) is 5.56 Å². The maximum atomic E-state index is 12.9. The van der Waals surface area contributed by atoms with Gasteiger partial charge in [0, 0.05) is 0 Å².